The van der Waals surface area contributed by atoms with Gasteiger partial charge in [-0.2, -0.15) is 0 Å². The quantitative estimate of drug-likeness (QED) is 0.938. The summed E-state index contributed by atoms with van der Waals surface area (Å²) in [4.78, 5) is 4.35. The Bertz CT molecular complexity index is 682. The normalized spacial score (nSPS) is 19.5. The molecule has 1 N–H and O–H groups in total. The molecular weight excluding hydrogens is 278 g/mol. The number of aliphatic hydroxyl groups is 1. The van der Waals surface area contributed by atoms with E-state index < -0.39 is 6.29 Å². The number of hydrogen-bond acceptors (Lipinski definition) is 4. The maximum absolute atomic E-state index is 9.95. The van der Waals surface area contributed by atoms with E-state index in [1.54, 1.807) is 24.5 Å². The van der Waals surface area contributed by atoms with Crippen molar-refractivity contribution in [1.29, 1.82) is 0 Å². The van der Waals surface area contributed by atoms with E-state index in [1.807, 2.05) is 12.1 Å². The summed E-state index contributed by atoms with van der Waals surface area (Å²) in [7, 11) is 0. The molecule has 1 aromatic carbocycles. The van der Waals surface area contributed by atoms with Gasteiger partial charge in [0.15, 0.2) is 0 Å². The summed E-state index contributed by atoms with van der Waals surface area (Å²) in [5.74, 6) is 1.69. The lowest BCUT2D eigenvalue weighted by Crippen LogP contribution is -2.11. The predicted octanol–water partition coefficient (Wildman–Crippen LogP) is 3.61. The second kappa shape index (κ2) is 6.20. The highest BCUT2D eigenvalue weighted by molar-refractivity contribution is 5.96. The van der Waals surface area contributed by atoms with Crippen molar-refractivity contribution in [2.75, 3.05) is 0 Å². The van der Waals surface area contributed by atoms with Crippen molar-refractivity contribution in [3.8, 4) is 0 Å². The minimum Gasteiger partial charge on any atom is -0.465 e. The summed E-state index contributed by atoms with van der Waals surface area (Å²) >= 11 is 0. The molecule has 0 saturated heterocycles. The maximum atomic E-state index is 9.95. The van der Waals surface area contributed by atoms with Crippen LogP contribution in [0.3, 0.4) is 0 Å². The zero-order valence-electron chi connectivity index (χ0n) is 12.7. The summed E-state index contributed by atoms with van der Waals surface area (Å²) in [6.45, 7) is 4.39. The number of aliphatic hydroxyl groups excluding tert-OH is 1. The molecule has 3 rings (SSSR count). The van der Waals surface area contributed by atoms with Gasteiger partial charge in [0.25, 0.3) is 0 Å². The minimum absolute atomic E-state index is 0.432. The van der Waals surface area contributed by atoms with E-state index >= 15 is 0 Å². The monoisotopic (exact) mass is 297 g/mol. The molecule has 0 fully saturated rings. The first-order valence-corrected chi connectivity index (χ1v) is 7.39. The second-order valence-corrected chi connectivity index (χ2v) is 5.77. The van der Waals surface area contributed by atoms with E-state index in [2.05, 4.69) is 31.0 Å². The third-order valence-corrected chi connectivity index (χ3v) is 3.39. The van der Waals surface area contributed by atoms with E-state index in [9.17, 15) is 5.11 Å². The molecule has 1 aromatic heterocycles. The SMILES string of the molecule is CC(C)Cc1ccc(C2=N/C(=C/c3ccco3)C(O)O2)cc1. The topological polar surface area (TPSA) is 55.0 Å². The standard InChI is InChI=1S/C18H19NO3/c1-12(2)10-13-5-7-14(8-6-13)17-19-16(18(20)22-17)11-15-4-3-9-21-15/h3-9,11-12,18,20H,10H2,1-2H3/b16-11+. The van der Waals surface area contributed by atoms with Crippen molar-refractivity contribution >= 4 is 12.0 Å². The van der Waals surface area contributed by atoms with Crippen LogP contribution < -0.4 is 0 Å². The molecule has 1 aliphatic heterocycles. The van der Waals surface area contributed by atoms with Crippen LogP contribution in [0.5, 0.6) is 0 Å². The van der Waals surface area contributed by atoms with Gasteiger partial charge in [-0.1, -0.05) is 26.0 Å². The lowest BCUT2D eigenvalue weighted by Gasteiger charge is -2.07. The highest BCUT2D eigenvalue weighted by Crippen LogP contribution is 2.22. The maximum Gasteiger partial charge on any atom is 0.243 e. The number of aliphatic imine (C=N–C) groups is 1. The van der Waals surface area contributed by atoms with Crippen LogP contribution in [0, 0.1) is 5.92 Å². The zero-order valence-corrected chi connectivity index (χ0v) is 12.7. The molecule has 114 valence electrons. The molecule has 1 aliphatic rings. The number of nitrogens with zero attached hydrogens (tertiary/aromatic N) is 1. The average Bonchev–Trinajstić information content (AvgIpc) is 3.10. The first-order valence-electron chi connectivity index (χ1n) is 7.39. The van der Waals surface area contributed by atoms with Gasteiger partial charge in [0.2, 0.25) is 12.2 Å². The third-order valence-electron chi connectivity index (χ3n) is 3.39. The number of benzene rings is 1. The molecule has 0 saturated carbocycles. The second-order valence-electron chi connectivity index (χ2n) is 5.77. The summed E-state index contributed by atoms with van der Waals surface area (Å²) in [5.41, 5.74) is 2.58. The van der Waals surface area contributed by atoms with Crippen LogP contribution in [0.1, 0.15) is 30.7 Å². The van der Waals surface area contributed by atoms with Crippen molar-refractivity contribution in [3.63, 3.8) is 0 Å². The first-order chi connectivity index (χ1) is 10.6. The molecule has 1 unspecified atom stereocenters. The number of rotatable bonds is 4. The van der Waals surface area contributed by atoms with Crippen LogP contribution in [0.15, 0.2) is 57.8 Å². The van der Waals surface area contributed by atoms with E-state index in [-0.39, 0.29) is 0 Å². The van der Waals surface area contributed by atoms with Crippen LogP contribution in [-0.4, -0.2) is 17.3 Å². The molecule has 0 spiro atoms. The largest absolute Gasteiger partial charge is 0.465 e. The molecule has 4 nitrogen and oxygen atoms in total. The Morgan fingerprint density at radius 1 is 1.23 bits per heavy atom. The molecule has 2 heterocycles. The Morgan fingerprint density at radius 2 is 2.00 bits per heavy atom. The number of ether oxygens (including phenoxy) is 1. The third kappa shape index (κ3) is 3.28. The van der Waals surface area contributed by atoms with Gasteiger partial charge in [0.1, 0.15) is 11.5 Å². The van der Waals surface area contributed by atoms with Gasteiger partial charge in [0.05, 0.1) is 6.26 Å². The Hall–Kier alpha value is -2.33. The lowest BCUT2D eigenvalue weighted by molar-refractivity contribution is 0.0177. The van der Waals surface area contributed by atoms with E-state index in [0.29, 0.717) is 23.3 Å². The van der Waals surface area contributed by atoms with E-state index in [1.165, 1.54) is 5.56 Å². The van der Waals surface area contributed by atoms with Gasteiger partial charge in [-0.3, -0.25) is 0 Å². The van der Waals surface area contributed by atoms with Crippen molar-refractivity contribution in [1.82, 2.24) is 0 Å². The highest BCUT2D eigenvalue weighted by Gasteiger charge is 2.24. The average molecular weight is 297 g/mol. The fourth-order valence-corrected chi connectivity index (χ4v) is 2.38. The Morgan fingerprint density at radius 3 is 2.64 bits per heavy atom. The summed E-state index contributed by atoms with van der Waals surface area (Å²) < 4.78 is 10.7. The lowest BCUT2D eigenvalue weighted by atomic mass is 10.0. The van der Waals surface area contributed by atoms with Gasteiger partial charge in [-0.25, -0.2) is 4.99 Å². The fourth-order valence-electron chi connectivity index (χ4n) is 2.38. The van der Waals surface area contributed by atoms with Gasteiger partial charge in [0, 0.05) is 11.6 Å². The molecule has 4 heteroatoms. The van der Waals surface area contributed by atoms with Gasteiger partial charge in [-0.05, 0) is 42.2 Å². The Balaban J connectivity index is 1.80. The van der Waals surface area contributed by atoms with E-state index in [4.69, 9.17) is 9.15 Å². The van der Waals surface area contributed by atoms with Crippen molar-refractivity contribution in [3.05, 3.63) is 65.2 Å². The van der Waals surface area contributed by atoms with Crippen molar-refractivity contribution in [2.24, 2.45) is 10.9 Å². The van der Waals surface area contributed by atoms with E-state index in [0.717, 1.165) is 12.0 Å². The van der Waals surface area contributed by atoms with Crippen molar-refractivity contribution < 1.29 is 14.3 Å². The molecule has 2 aromatic rings. The highest BCUT2D eigenvalue weighted by atomic mass is 16.6. The molecule has 22 heavy (non-hydrogen) atoms. The van der Waals surface area contributed by atoms with Gasteiger partial charge in [-0.15, -0.1) is 0 Å². The van der Waals surface area contributed by atoms with Gasteiger partial charge < -0.3 is 14.3 Å². The van der Waals surface area contributed by atoms with Crippen molar-refractivity contribution in [2.45, 2.75) is 26.6 Å². The van der Waals surface area contributed by atoms with Crippen LogP contribution >= 0.6 is 0 Å². The van der Waals surface area contributed by atoms with Gasteiger partial charge >= 0.3 is 0 Å². The molecule has 0 bridgehead atoms. The summed E-state index contributed by atoms with van der Waals surface area (Å²) in [5, 5.41) is 9.95. The molecule has 1 atom stereocenters. The summed E-state index contributed by atoms with van der Waals surface area (Å²) in [6.07, 6.45) is 3.23. The smallest absolute Gasteiger partial charge is 0.243 e. The van der Waals surface area contributed by atoms with Crippen LogP contribution in [-0.2, 0) is 11.2 Å². The number of hydrogen-bond donors (Lipinski definition) is 1. The fraction of sp³-hybridized carbons (Fsp3) is 0.278. The minimum atomic E-state index is -1.06. The predicted molar refractivity (Wildman–Crippen MR) is 85.3 cm³/mol. The summed E-state index contributed by atoms with van der Waals surface area (Å²) in [6, 6.07) is 11.7. The number of furan rings is 1. The van der Waals surface area contributed by atoms with Crippen LogP contribution in [0.25, 0.3) is 6.08 Å². The zero-order chi connectivity index (χ0) is 15.5. The molecule has 0 radical (unpaired) electrons. The first kappa shape index (κ1) is 14.6. The van der Waals surface area contributed by atoms with Crippen LogP contribution in [0.4, 0.5) is 0 Å². The molecule has 0 amide bonds. The molecular formula is C18H19NO3. The Kier molecular flexibility index (Phi) is 4.11. The Labute approximate surface area is 129 Å². The van der Waals surface area contributed by atoms with Crippen LogP contribution in [0.2, 0.25) is 0 Å². The molecule has 0 aliphatic carbocycles.